The van der Waals surface area contributed by atoms with E-state index in [0.717, 1.165) is 38.8 Å². The molecule has 0 atom stereocenters. The SMILES string of the molecule is O=C(NC1CCCCCC1)C(=O)N1CCCCCC1. The van der Waals surface area contributed by atoms with Gasteiger partial charge in [0.2, 0.25) is 0 Å². The van der Waals surface area contributed by atoms with Crippen molar-refractivity contribution in [3.05, 3.63) is 0 Å². The number of nitrogens with zero attached hydrogens (tertiary/aromatic N) is 1. The van der Waals surface area contributed by atoms with Gasteiger partial charge < -0.3 is 10.2 Å². The molecule has 108 valence electrons. The van der Waals surface area contributed by atoms with Gasteiger partial charge >= 0.3 is 11.8 Å². The average Bonchev–Trinajstić information content (AvgIpc) is 2.82. The number of hydrogen-bond acceptors (Lipinski definition) is 2. The van der Waals surface area contributed by atoms with Crippen LogP contribution >= 0.6 is 0 Å². The van der Waals surface area contributed by atoms with E-state index in [1.54, 1.807) is 4.90 Å². The van der Waals surface area contributed by atoms with Crippen molar-refractivity contribution in [3.8, 4) is 0 Å². The molecule has 4 nitrogen and oxygen atoms in total. The van der Waals surface area contributed by atoms with Crippen molar-refractivity contribution in [2.45, 2.75) is 70.3 Å². The number of likely N-dealkylation sites (tertiary alicyclic amines) is 1. The van der Waals surface area contributed by atoms with Crippen molar-refractivity contribution in [2.75, 3.05) is 13.1 Å². The zero-order chi connectivity index (χ0) is 13.5. The normalized spacial score (nSPS) is 22.4. The molecule has 0 radical (unpaired) electrons. The van der Waals surface area contributed by atoms with Crippen LogP contribution < -0.4 is 5.32 Å². The van der Waals surface area contributed by atoms with Gasteiger partial charge in [-0.15, -0.1) is 0 Å². The molecule has 2 rings (SSSR count). The van der Waals surface area contributed by atoms with E-state index in [0.29, 0.717) is 0 Å². The van der Waals surface area contributed by atoms with Crippen LogP contribution in [0.1, 0.15) is 64.2 Å². The first-order chi connectivity index (χ1) is 9.27. The van der Waals surface area contributed by atoms with E-state index in [-0.39, 0.29) is 17.9 Å². The molecule has 1 aliphatic heterocycles. The number of nitrogens with one attached hydrogen (secondary N) is 1. The molecule has 1 saturated carbocycles. The fraction of sp³-hybridized carbons (Fsp3) is 0.867. The number of carbonyl (C=O) groups is 2. The predicted molar refractivity (Wildman–Crippen MR) is 74.7 cm³/mol. The fourth-order valence-electron chi connectivity index (χ4n) is 3.09. The van der Waals surface area contributed by atoms with E-state index in [1.807, 2.05) is 0 Å². The van der Waals surface area contributed by atoms with Crippen LogP contribution in [0.4, 0.5) is 0 Å². The Morgan fingerprint density at radius 1 is 0.789 bits per heavy atom. The smallest absolute Gasteiger partial charge is 0.311 e. The van der Waals surface area contributed by atoms with E-state index in [2.05, 4.69) is 5.32 Å². The van der Waals surface area contributed by atoms with Crippen molar-refractivity contribution in [1.82, 2.24) is 10.2 Å². The molecule has 1 aliphatic carbocycles. The summed E-state index contributed by atoms with van der Waals surface area (Å²) in [6.45, 7) is 1.49. The van der Waals surface area contributed by atoms with Crippen LogP contribution in [0.25, 0.3) is 0 Å². The van der Waals surface area contributed by atoms with E-state index in [9.17, 15) is 9.59 Å². The summed E-state index contributed by atoms with van der Waals surface area (Å²) in [7, 11) is 0. The first-order valence-corrected chi connectivity index (χ1v) is 7.87. The molecule has 0 bridgehead atoms. The third kappa shape index (κ3) is 4.51. The first kappa shape index (κ1) is 14.4. The van der Waals surface area contributed by atoms with Crippen molar-refractivity contribution >= 4 is 11.8 Å². The number of amides is 2. The van der Waals surface area contributed by atoms with Gasteiger partial charge in [-0.2, -0.15) is 0 Å². The van der Waals surface area contributed by atoms with E-state index in [1.165, 1.54) is 38.5 Å². The summed E-state index contributed by atoms with van der Waals surface area (Å²) >= 11 is 0. The predicted octanol–water partition coefficient (Wildman–Crippen LogP) is 2.23. The quantitative estimate of drug-likeness (QED) is 0.584. The second-order valence-electron chi connectivity index (χ2n) is 5.87. The summed E-state index contributed by atoms with van der Waals surface area (Å²) in [5.41, 5.74) is 0. The molecule has 4 heteroatoms. The molecule has 1 heterocycles. The minimum absolute atomic E-state index is 0.214. The Kier molecular flexibility index (Phi) is 5.67. The fourth-order valence-corrected chi connectivity index (χ4v) is 3.09. The molecule has 2 amide bonds. The molecule has 0 unspecified atom stereocenters. The molecule has 19 heavy (non-hydrogen) atoms. The highest BCUT2D eigenvalue weighted by atomic mass is 16.2. The van der Waals surface area contributed by atoms with E-state index in [4.69, 9.17) is 0 Å². The lowest BCUT2D eigenvalue weighted by molar-refractivity contribution is -0.146. The maximum absolute atomic E-state index is 12.1. The van der Waals surface area contributed by atoms with Crippen LogP contribution in [0.15, 0.2) is 0 Å². The van der Waals surface area contributed by atoms with Gasteiger partial charge in [0.25, 0.3) is 0 Å². The zero-order valence-electron chi connectivity index (χ0n) is 11.8. The molecular weight excluding hydrogens is 240 g/mol. The molecule has 1 N–H and O–H groups in total. The van der Waals surface area contributed by atoms with Crippen LogP contribution in [0.3, 0.4) is 0 Å². The summed E-state index contributed by atoms with van der Waals surface area (Å²) in [6, 6.07) is 0.214. The molecular formula is C15H26N2O2. The Hall–Kier alpha value is -1.06. The number of rotatable bonds is 1. The Bertz CT molecular complexity index is 301. The lowest BCUT2D eigenvalue weighted by Gasteiger charge is -2.22. The maximum atomic E-state index is 12.1. The Balaban J connectivity index is 1.81. The average molecular weight is 266 g/mol. The molecule has 0 aromatic rings. The minimum atomic E-state index is -0.381. The summed E-state index contributed by atoms with van der Waals surface area (Å²) in [6.07, 6.45) is 11.3. The van der Waals surface area contributed by atoms with Crippen molar-refractivity contribution in [3.63, 3.8) is 0 Å². The highest BCUT2D eigenvalue weighted by Gasteiger charge is 2.24. The summed E-state index contributed by atoms with van der Waals surface area (Å²) in [5, 5.41) is 2.95. The molecule has 0 aromatic heterocycles. The standard InChI is InChI=1S/C15H26N2O2/c18-14(16-13-9-5-1-2-6-10-13)15(19)17-11-7-3-4-8-12-17/h13H,1-12H2,(H,16,18). The summed E-state index contributed by atoms with van der Waals surface area (Å²) in [5.74, 6) is -0.694. The van der Waals surface area contributed by atoms with Gasteiger partial charge in [0.1, 0.15) is 0 Å². The van der Waals surface area contributed by atoms with Crippen LogP contribution in [-0.4, -0.2) is 35.8 Å². The van der Waals surface area contributed by atoms with Gasteiger partial charge in [-0.25, -0.2) is 0 Å². The molecule has 0 spiro atoms. The maximum Gasteiger partial charge on any atom is 0.311 e. The highest BCUT2D eigenvalue weighted by molar-refractivity contribution is 6.35. The summed E-state index contributed by atoms with van der Waals surface area (Å²) < 4.78 is 0. The lowest BCUT2D eigenvalue weighted by Crippen LogP contribution is -2.46. The zero-order valence-corrected chi connectivity index (χ0v) is 11.8. The van der Waals surface area contributed by atoms with E-state index >= 15 is 0 Å². The van der Waals surface area contributed by atoms with Gasteiger partial charge in [-0.3, -0.25) is 9.59 Å². The molecule has 2 fully saturated rings. The van der Waals surface area contributed by atoms with Crippen molar-refractivity contribution < 1.29 is 9.59 Å². The topological polar surface area (TPSA) is 49.4 Å². The van der Waals surface area contributed by atoms with Crippen LogP contribution in [0.2, 0.25) is 0 Å². The van der Waals surface area contributed by atoms with Crippen LogP contribution in [0.5, 0.6) is 0 Å². The molecule has 2 aliphatic rings. The largest absolute Gasteiger partial charge is 0.345 e. The second kappa shape index (κ2) is 7.51. The third-order valence-corrected chi connectivity index (χ3v) is 4.28. The third-order valence-electron chi connectivity index (χ3n) is 4.28. The number of hydrogen-bond donors (Lipinski definition) is 1. The highest BCUT2D eigenvalue weighted by Crippen LogP contribution is 2.17. The van der Waals surface area contributed by atoms with E-state index < -0.39 is 0 Å². The Morgan fingerprint density at radius 2 is 1.32 bits per heavy atom. The number of carbonyl (C=O) groups excluding carboxylic acids is 2. The Labute approximate surface area is 115 Å². The van der Waals surface area contributed by atoms with Gasteiger partial charge in [0.15, 0.2) is 0 Å². The monoisotopic (exact) mass is 266 g/mol. The van der Waals surface area contributed by atoms with Gasteiger partial charge in [-0.1, -0.05) is 38.5 Å². The molecule has 0 aromatic carbocycles. The van der Waals surface area contributed by atoms with Crippen LogP contribution in [0, 0.1) is 0 Å². The van der Waals surface area contributed by atoms with Gasteiger partial charge in [0.05, 0.1) is 0 Å². The Morgan fingerprint density at radius 3 is 1.89 bits per heavy atom. The molecule has 1 saturated heterocycles. The lowest BCUT2D eigenvalue weighted by atomic mass is 10.1. The van der Waals surface area contributed by atoms with Crippen molar-refractivity contribution in [2.24, 2.45) is 0 Å². The summed E-state index contributed by atoms with van der Waals surface area (Å²) in [4.78, 5) is 25.9. The van der Waals surface area contributed by atoms with Crippen LogP contribution in [-0.2, 0) is 9.59 Å². The van der Waals surface area contributed by atoms with Gasteiger partial charge in [-0.05, 0) is 25.7 Å². The minimum Gasteiger partial charge on any atom is -0.345 e. The van der Waals surface area contributed by atoms with Crippen molar-refractivity contribution in [1.29, 1.82) is 0 Å². The van der Waals surface area contributed by atoms with Gasteiger partial charge in [0, 0.05) is 19.1 Å². The first-order valence-electron chi connectivity index (χ1n) is 7.87. The second-order valence-corrected chi connectivity index (χ2v) is 5.87.